The van der Waals surface area contributed by atoms with E-state index in [0.29, 0.717) is 11.8 Å². The number of nitrogens with zero attached hydrogens (tertiary/aromatic N) is 16. The molecule has 0 spiro atoms. The first-order chi connectivity index (χ1) is 45.4. The summed E-state index contributed by atoms with van der Waals surface area (Å²) in [4.78, 5) is 5.81. The number of nitrogens with one attached hydrogen (secondary N) is 2. The highest BCUT2D eigenvalue weighted by Crippen LogP contribution is 2.34. The molecule has 0 radical (unpaired) electrons. The van der Waals surface area contributed by atoms with Crippen LogP contribution in [0.3, 0.4) is 0 Å². The van der Waals surface area contributed by atoms with Gasteiger partial charge in [-0.1, -0.05) is 187 Å². The second-order valence-electron chi connectivity index (χ2n) is 35.5. The Morgan fingerprint density at radius 1 is 0.475 bits per heavy atom. The molecule has 0 aliphatic rings. The van der Waals surface area contributed by atoms with Crippen LogP contribution in [0.2, 0.25) is 0 Å². The third kappa shape index (κ3) is 27.7. The molecule has 570 valence electrons. The molecule has 21 nitrogen and oxygen atoms in total. The standard InChI is InChI=1S/C10H18N2.C9H17N3.C9H16N2.C9H15NO.C9H15NS.C8H14ClN3.C8H15N3.C8H14N2O.C8H14N2/c1-7-9(10(3,4)5)8(2)12(6)11-7;1-6-12-8(9(3,4)5)7(2)10-11-12;2*1-6-8(9(3,4)5)7(2)11-10-6;1-6-8(9(3,4)5)11-7(2)10-6;1-6-10-11-7(5-9)12(6)8(2,3)4;1-6-7(8(2,3)4)11(5)10-9-6;1-5-6(8(2,3)4)7(9)11-10-5;1-6-7(5-9-10-6)8(2,3)4/h1-6H3;6H2,1-5H3;1-5H3,(H,10,11);2*1-5H3;5H2,1-4H3;1-5H3;9H2,1-4H3;5H,1-4H3,(H,9,10). The van der Waals surface area contributed by atoms with Crippen LogP contribution < -0.4 is 5.73 Å². The minimum atomic E-state index is 0.0117. The molecule has 0 unspecified atom stereocenters. The molecule has 0 aliphatic heterocycles. The van der Waals surface area contributed by atoms with Crippen molar-refractivity contribution in [3.63, 3.8) is 0 Å². The van der Waals surface area contributed by atoms with E-state index in [1.165, 1.54) is 66.3 Å². The van der Waals surface area contributed by atoms with Crippen molar-refractivity contribution in [2.75, 3.05) is 5.73 Å². The number of hydrogen-bond donors (Lipinski definition) is 3. The van der Waals surface area contributed by atoms with Crippen LogP contribution >= 0.6 is 22.9 Å². The number of alkyl halides is 1. The maximum atomic E-state index is 5.73. The van der Waals surface area contributed by atoms with Gasteiger partial charge >= 0.3 is 0 Å². The van der Waals surface area contributed by atoms with Crippen LogP contribution in [-0.4, -0.2) is 90.2 Å². The van der Waals surface area contributed by atoms with E-state index in [-0.39, 0.29) is 48.9 Å². The number of aromatic nitrogens is 18. The van der Waals surface area contributed by atoms with Gasteiger partial charge in [0.15, 0.2) is 0 Å². The molecule has 0 bridgehead atoms. The molecular formula is C78H138ClN19O2S. The zero-order valence-electron chi connectivity index (χ0n) is 71.3. The molecule has 0 aliphatic carbocycles. The van der Waals surface area contributed by atoms with Gasteiger partial charge in [0.25, 0.3) is 0 Å². The van der Waals surface area contributed by atoms with Crippen LogP contribution in [0.4, 0.5) is 5.88 Å². The van der Waals surface area contributed by atoms with Crippen LogP contribution in [0.25, 0.3) is 0 Å². The van der Waals surface area contributed by atoms with Crippen LogP contribution in [0, 0.1) is 90.0 Å². The van der Waals surface area contributed by atoms with Gasteiger partial charge in [-0.3, -0.25) is 19.6 Å². The minimum Gasteiger partial charge on any atom is -0.367 e. The largest absolute Gasteiger partial charge is 0.367 e. The number of rotatable bonds is 2. The Kier molecular flexibility index (Phi) is 32.9. The Morgan fingerprint density at radius 3 is 1.17 bits per heavy atom. The second kappa shape index (κ2) is 36.1. The summed E-state index contributed by atoms with van der Waals surface area (Å²) in [6.45, 7) is 88.0. The topological polar surface area (TPSA) is 258 Å². The highest BCUT2D eigenvalue weighted by atomic mass is 35.5. The Bertz CT molecular complexity index is 3590. The van der Waals surface area contributed by atoms with Gasteiger partial charge in [0.2, 0.25) is 5.88 Å². The zero-order valence-corrected chi connectivity index (χ0v) is 72.9. The average molecular weight is 1440 g/mol. The number of H-pyrrole nitrogens is 2. The predicted octanol–water partition coefficient (Wildman–Crippen LogP) is 19.6. The summed E-state index contributed by atoms with van der Waals surface area (Å²) in [5, 5.41) is 51.3. The van der Waals surface area contributed by atoms with Crippen molar-refractivity contribution in [2.45, 2.75) is 345 Å². The number of halogens is 1. The van der Waals surface area contributed by atoms with E-state index >= 15 is 0 Å². The fourth-order valence-electron chi connectivity index (χ4n) is 13.1. The van der Waals surface area contributed by atoms with Crippen molar-refractivity contribution in [2.24, 2.45) is 14.1 Å². The highest BCUT2D eigenvalue weighted by molar-refractivity contribution is 7.11. The first kappa shape index (κ1) is 92.2. The van der Waals surface area contributed by atoms with Crippen molar-refractivity contribution >= 4 is 28.8 Å². The number of nitrogens with two attached hydrogens (primary N) is 1. The van der Waals surface area contributed by atoms with Gasteiger partial charge in [0.1, 0.15) is 17.4 Å². The molecule has 0 fully saturated rings. The monoisotopic (exact) mass is 1440 g/mol. The van der Waals surface area contributed by atoms with Gasteiger partial charge in [0, 0.05) is 81.2 Å². The molecule has 9 aromatic rings. The van der Waals surface area contributed by atoms with E-state index in [9.17, 15) is 0 Å². The molecule has 9 heterocycles. The Hall–Kier alpha value is -6.81. The lowest BCUT2D eigenvalue weighted by molar-refractivity contribution is 0.378. The lowest BCUT2D eigenvalue weighted by Crippen LogP contribution is -2.25. The maximum Gasteiger partial charge on any atom is 0.226 e. The lowest BCUT2D eigenvalue weighted by Gasteiger charge is -2.23. The van der Waals surface area contributed by atoms with E-state index < -0.39 is 0 Å². The van der Waals surface area contributed by atoms with Crippen molar-refractivity contribution in [1.29, 1.82) is 0 Å². The first-order valence-electron chi connectivity index (χ1n) is 35.3. The van der Waals surface area contributed by atoms with Gasteiger partial charge < -0.3 is 19.3 Å². The summed E-state index contributed by atoms with van der Waals surface area (Å²) in [5.41, 5.74) is 26.8. The fraction of sp³-hybridized carbons (Fsp3) is 0.692. The molecule has 101 heavy (non-hydrogen) atoms. The minimum absolute atomic E-state index is 0.0117. The lowest BCUT2D eigenvalue weighted by atomic mass is 9.85. The number of thiazole rings is 1. The van der Waals surface area contributed by atoms with Crippen molar-refractivity contribution in [1.82, 2.24) is 90.2 Å². The van der Waals surface area contributed by atoms with Crippen LogP contribution in [-0.2, 0) is 75.4 Å². The van der Waals surface area contributed by atoms with Crippen LogP contribution in [0.15, 0.2) is 15.2 Å². The van der Waals surface area contributed by atoms with Gasteiger partial charge in [-0.25, -0.2) is 9.67 Å². The summed E-state index contributed by atoms with van der Waals surface area (Å²) < 4.78 is 17.7. The normalized spacial score (nSPS) is 12.1. The highest BCUT2D eigenvalue weighted by Gasteiger charge is 2.28. The number of anilines is 1. The van der Waals surface area contributed by atoms with E-state index in [1.807, 2.05) is 101 Å². The molecule has 0 saturated carbocycles. The van der Waals surface area contributed by atoms with Gasteiger partial charge in [-0.15, -0.1) is 43.3 Å². The van der Waals surface area contributed by atoms with E-state index in [2.05, 4.69) is 305 Å². The summed E-state index contributed by atoms with van der Waals surface area (Å²) in [6, 6.07) is 0. The Labute approximate surface area is 619 Å². The molecule has 0 atom stereocenters. The average Bonchev–Trinajstić information content (AvgIpc) is 1.68. The molecule has 0 aromatic carbocycles. The molecule has 9 aromatic heterocycles. The van der Waals surface area contributed by atoms with Crippen molar-refractivity contribution < 1.29 is 9.05 Å². The summed E-state index contributed by atoms with van der Waals surface area (Å²) in [5.74, 6) is 3.54. The van der Waals surface area contributed by atoms with Gasteiger partial charge in [-0.2, -0.15) is 15.3 Å². The molecule has 4 N–H and O–H groups in total. The summed E-state index contributed by atoms with van der Waals surface area (Å²) in [7, 11) is 3.93. The predicted molar refractivity (Wildman–Crippen MR) is 422 cm³/mol. The number of hydrogen-bond acceptors (Lipinski definition) is 16. The smallest absolute Gasteiger partial charge is 0.226 e. The van der Waals surface area contributed by atoms with Crippen molar-refractivity contribution in [3.05, 3.63) is 130 Å². The molecular weight excluding hydrogens is 1300 g/mol. The number of aryl methyl sites for hydroxylation is 15. The van der Waals surface area contributed by atoms with Crippen LogP contribution in [0.1, 0.15) is 317 Å². The van der Waals surface area contributed by atoms with Gasteiger partial charge in [-0.05, 0) is 156 Å². The quantitative estimate of drug-likeness (QED) is 0.136. The molecule has 9 rings (SSSR count). The second-order valence-corrected chi connectivity index (χ2v) is 37.0. The summed E-state index contributed by atoms with van der Waals surface area (Å²) in [6.07, 6.45) is 1.90. The van der Waals surface area contributed by atoms with E-state index in [1.54, 1.807) is 0 Å². The summed E-state index contributed by atoms with van der Waals surface area (Å²) >= 11 is 7.54. The first-order valence-corrected chi connectivity index (χ1v) is 36.6. The van der Waals surface area contributed by atoms with Gasteiger partial charge in [0.05, 0.1) is 68.3 Å². The molecule has 23 heteroatoms. The fourth-order valence-corrected chi connectivity index (χ4v) is 14.3. The SMILES string of the molecule is CCn1nnc(C)c1C(C)(C)C.Cc1[nH]ncc1C(C)(C)C.Cc1n[nH]c(C)c1C(C)(C)C.Cc1nc(C)c(C(C)(C)C)s1.Cc1nn(C)c(C)c1C(C)(C)C.Cc1nnc(CCl)n1C(C)(C)C.Cc1nnn(C)c1C(C)(C)C.Cc1noc(C)c1C(C)(C)C.Cc1noc(N)c1C(C)(C)C. The van der Waals surface area contributed by atoms with E-state index in [4.69, 9.17) is 26.4 Å². The number of aromatic amines is 2. The number of nitrogen functional groups attached to an aromatic ring is 1. The van der Waals surface area contributed by atoms with Crippen molar-refractivity contribution in [3.8, 4) is 0 Å². The third-order valence-electron chi connectivity index (χ3n) is 16.1. The molecule has 0 amide bonds. The third-order valence-corrected chi connectivity index (χ3v) is 17.8. The maximum absolute atomic E-state index is 5.73. The zero-order chi connectivity index (χ0) is 79.2. The Morgan fingerprint density at radius 2 is 0.950 bits per heavy atom. The Balaban J connectivity index is 0.000000568. The molecule has 0 saturated heterocycles. The van der Waals surface area contributed by atoms with E-state index in [0.717, 1.165) is 63.7 Å². The van der Waals surface area contributed by atoms with Crippen LogP contribution in [0.5, 0.6) is 0 Å².